The van der Waals surface area contributed by atoms with Gasteiger partial charge < -0.3 is 20.1 Å². The van der Waals surface area contributed by atoms with Crippen LogP contribution in [0.15, 0.2) is 23.3 Å². The van der Waals surface area contributed by atoms with Crippen molar-refractivity contribution >= 4 is 28.9 Å². The van der Waals surface area contributed by atoms with Crippen molar-refractivity contribution < 1.29 is 19.4 Å². The van der Waals surface area contributed by atoms with E-state index >= 15 is 0 Å². The molecule has 2 heterocycles. The molecular formula is C17H22N4O4. The fourth-order valence-electron chi connectivity index (χ4n) is 3.10. The monoisotopic (exact) mass is 346 g/mol. The van der Waals surface area contributed by atoms with E-state index in [4.69, 9.17) is 4.74 Å². The van der Waals surface area contributed by atoms with Crippen LogP contribution in [-0.4, -0.2) is 55.5 Å². The number of benzene rings is 1. The number of nitrogens with one attached hydrogen (secondary N) is 2. The van der Waals surface area contributed by atoms with Gasteiger partial charge >= 0.3 is 0 Å². The maximum absolute atomic E-state index is 11.6. The maximum Gasteiger partial charge on any atom is 0.240 e. The topological polar surface area (TPSA) is 103 Å². The molecule has 2 aliphatic rings. The van der Waals surface area contributed by atoms with Crippen molar-refractivity contribution in [1.82, 2.24) is 5.43 Å². The van der Waals surface area contributed by atoms with E-state index in [0.717, 1.165) is 24.3 Å². The summed E-state index contributed by atoms with van der Waals surface area (Å²) in [6, 6.07) is 5.67. The average Bonchev–Trinajstić information content (AvgIpc) is 2.62. The SMILES string of the molecule is CC(=O)Nc1cc(C2=NNC(=O)CC2CO)ccc1N1CCOCC1. The van der Waals surface area contributed by atoms with Gasteiger partial charge in [0.2, 0.25) is 11.8 Å². The number of anilines is 2. The highest BCUT2D eigenvalue weighted by molar-refractivity contribution is 6.07. The number of carbonyl (C=O) groups excluding carboxylic acids is 2. The van der Waals surface area contributed by atoms with Crippen molar-refractivity contribution in [1.29, 1.82) is 0 Å². The van der Waals surface area contributed by atoms with Gasteiger partial charge in [0.05, 0.1) is 36.9 Å². The summed E-state index contributed by atoms with van der Waals surface area (Å²) in [6.45, 7) is 4.10. The smallest absolute Gasteiger partial charge is 0.240 e. The van der Waals surface area contributed by atoms with E-state index in [1.165, 1.54) is 6.92 Å². The molecule has 8 nitrogen and oxygen atoms in total. The van der Waals surface area contributed by atoms with Crippen LogP contribution in [0.4, 0.5) is 11.4 Å². The zero-order chi connectivity index (χ0) is 17.8. The molecule has 134 valence electrons. The first-order valence-electron chi connectivity index (χ1n) is 8.30. The Morgan fingerprint density at radius 3 is 2.88 bits per heavy atom. The van der Waals surface area contributed by atoms with E-state index in [1.807, 2.05) is 18.2 Å². The molecular weight excluding hydrogens is 324 g/mol. The molecule has 25 heavy (non-hydrogen) atoms. The molecule has 3 rings (SSSR count). The number of ether oxygens (including phenoxy) is 1. The minimum absolute atomic E-state index is 0.160. The Morgan fingerprint density at radius 1 is 1.44 bits per heavy atom. The third-order valence-corrected chi connectivity index (χ3v) is 4.29. The number of nitrogens with zero attached hydrogens (tertiary/aromatic N) is 2. The van der Waals surface area contributed by atoms with Crippen LogP contribution < -0.4 is 15.6 Å². The number of hydrogen-bond acceptors (Lipinski definition) is 6. The molecule has 0 saturated carbocycles. The highest BCUT2D eigenvalue weighted by Crippen LogP contribution is 2.30. The van der Waals surface area contributed by atoms with Gasteiger partial charge in [-0.2, -0.15) is 5.10 Å². The standard InChI is InChI=1S/C17H22N4O4/c1-11(23)18-14-8-12(17-13(10-22)9-16(24)19-20-17)2-3-15(14)21-4-6-25-7-5-21/h2-3,8,13,22H,4-7,9-10H2,1H3,(H,18,23)(H,19,24). The van der Waals surface area contributed by atoms with Gasteiger partial charge in [-0.3, -0.25) is 9.59 Å². The first-order valence-corrected chi connectivity index (χ1v) is 8.30. The summed E-state index contributed by atoms with van der Waals surface area (Å²) in [5.41, 5.74) is 5.44. The lowest BCUT2D eigenvalue weighted by Crippen LogP contribution is -2.37. The molecule has 1 unspecified atom stereocenters. The lowest BCUT2D eigenvalue weighted by Gasteiger charge is -2.31. The van der Waals surface area contributed by atoms with Gasteiger partial charge in [-0.05, 0) is 12.1 Å². The molecule has 0 aromatic heterocycles. The fourth-order valence-corrected chi connectivity index (χ4v) is 3.10. The summed E-state index contributed by atoms with van der Waals surface area (Å²) in [5, 5.41) is 16.5. The quantitative estimate of drug-likeness (QED) is 0.728. The van der Waals surface area contributed by atoms with Gasteiger partial charge in [0.1, 0.15) is 0 Å². The second-order valence-corrected chi connectivity index (χ2v) is 6.13. The van der Waals surface area contributed by atoms with E-state index in [1.54, 1.807) is 0 Å². The zero-order valence-corrected chi connectivity index (χ0v) is 14.1. The van der Waals surface area contributed by atoms with Crippen LogP contribution in [0, 0.1) is 5.92 Å². The molecule has 3 N–H and O–H groups in total. The normalized spacial score (nSPS) is 20.7. The molecule has 0 bridgehead atoms. The predicted molar refractivity (Wildman–Crippen MR) is 93.7 cm³/mol. The molecule has 0 spiro atoms. The Morgan fingerprint density at radius 2 is 2.20 bits per heavy atom. The van der Waals surface area contributed by atoms with Crippen LogP contribution >= 0.6 is 0 Å². The summed E-state index contributed by atoms with van der Waals surface area (Å²) in [6.07, 6.45) is 0.190. The summed E-state index contributed by atoms with van der Waals surface area (Å²) >= 11 is 0. The first-order chi connectivity index (χ1) is 12.1. The third kappa shape index (κ3) is 3.97. The predicted octanol–water partition coefficient (Wildman–Crippen LogP) is 0.314. The van der Waals surface area contributed by atoms with Gasteiger partial charge in [-0.15, -0.1) is 0 Å². The first kappa shape index (κ1) is 17.4. The van der Waals surface area contributed by atoms with Crippen LogP contribution in [0.25, 0.3) is 0 Å². The number of carbonyl (C=O) groups is 2. The summed E-state index contributed by atoms with van der Waals surface area (Å²) in [5.74, 6) is -0.729. The van der Waals surface area contributed by atoms with Crippen molar-refractivity contribution in [3.63, 3.8) is 0 Å². The molecule has 2 aliphatic heterocycles. The number of hydrogen-bond donors (Lipinski definition) is 3. The van der Waals surface area contributed by atoms with Gasteiger partial charge in [-0.25, -0.2) is 5.43 Å². The van der Waals surface area contributed by atoms with Crippen molar-refractivity contribution in [2.45, 2.75) is 13.3 Å². The highest BCUT2D eigenvalue weighted by atomic mass is 16.5. The number of rotatable bonds is 4. The van der Waals surface area contributed by atoms with Crippen LogP contribution in [0.1, 0.15) is 18.9 Å². The van der Waals surface area contributed by atoms with Crippen molar-refractivity contribution in [2.24, 2.45) is 11.0 Å². The van der Waals surface area contributed by atoms with Crippen LogP contribution in [0.2, 0.25) is 0 Å². The minimum atomic E-state index is -0.354. The fraction of sp³-hybridized carbons (Fsp3) is 0.471. The molecule has 8 heteroatoms. The molecule has 0 aliphatic carbocycles. The summed E-state index contributed by atoms with van der Waals surface area (Å²) in [4.78, 5) is 25.3. The van der Waals surface area contributed by atoms with Crippen molar-refractivity contribution in [2.75, 3.05) is 43.1 Å². The highest BCUT2D eigenvalue weighted by Gasteiger charge is 2.26. The van der Waals surface area contributed by atoms with Crippen LogP contribution in [0.5, 0.6) is 0 Å². The number of morpholine rings is 1. The number of amides is 2. The lowest BCUT2D eigenvalue weighted by molar-refractivity contribution is -0.122. The zero-order valence-electron chi connectivity index (χ0n) is 14.1. The third-order valence-electron chi connectivity index (χ3n) is 4.29. The molecule has 1 aromatic rings. The molecule has 1 fully saturated rings. The molecule has 1 saturated heterocycles. The minimum Gasteiger partial charge on any atom is -0.396 e. The largest absolute Gasteiger partial charge is 0.396 e. The molecule has 1 aromatic carbocycles. The average molecular weight is 346 g/mol. The van der Waals surface area contributed by atoms with E-state index in [9.17, 15) is 14.7 Å². The Labute approximate surface area is 145 Å². The Balaban J connectivity index is 1.95. The lowest BCUT2D eigenvalue weighted by atomic mass is 9.92. The van der Waals surface area contributed by atoms with Gasteiger partial charge in [0.15, 0.2) is 0 Å². The second-order valence-electron chi connectivity index (χ2n) is 6.13. The van der Waals surface area contributed by atoms with E-state index < -0.39 is 0 Å². The van der Waals surface area contributed by atoms with Gasteiger partial charge in [0, 0.05) is 37.9 Å². The van der Waals surface area contributed by atoms with E-state index in [2.05, 4.69) is 20.7 Å². The summed E-state index contributed by atoms with van der Waals surface area (Å²) in [7, 11) is 0. The van der Waals surface area contributed by atoms with Crippen LogP contribution in [0.3, 0.4) is 0 Å². The van der Waals surface area contributed by atoms with Gasteiger partial charge in [0.25, 0.3) is 0 Å². The Hall–Kier alpha value is -2.45. The maximum atomic E-state index is 11.6. The second kappa shape index (κ2) is 7.62. The number of aliphatic hydroxyl groups is 1. The molecule has 2 amide bonds. The van der Waals surface area contributed by atoms with Crippen LogP contribution in [-0.2, 0) is 14.3 Å². The Bertz CT molecular complexity index is 698. The Kier molecular flexibility index (Phi) is 5.30. The number of aliphatic hydroxyl groups excluding tert-OH is 1. The van der Waals surface area contributed by atoms with Crippen molar-refractivity contribution in [3.8, 4) is 0 Å². The summed E-state index contributed by atoms with van der Waals surface area (Å²) < 4.78 is 5.38. The molecule has 1 atom stereocenters. The van der Waals surface area contributed by atoms with E-state index in [0.29, 0.717) is 24.6 Å². The van der Waals surface area contributed by atoms with Gasteiger partial charge in [-0.1, -0.05) is 6.07 Å². The number of hydrazone groups is 1. The van der Waals surface area contributed by atoms with E-state index in [-0.39, 0.29) is 30.8 Å². The molecule has 0 radical (unpaired) electrons. The van der Waals surface area contributed by atoms with Crippen molar-refractivity contribution in [3.05, 3.63) is 23.8 Å².